The molecular weight excluding hydrogens is 562 g/mol. The van der Waals surface area contributed by atoms with Gasteiger partial charge in [0, 0.05) is 21.5 Å². The molecule has 0 radical (unpaired) electrons. The monoisotopic (exact) mass is 572 g/mol. The van der Waals surface area contributed by atoms with E-state index in [1.54, 1.807) is 0 Å². The van der Waals surface area contributed by atoms with Crippen LogP contribution in [-0.2, 0) is 4.79 Å². The quantitative estimate of drug-likeness (QED) is 0.149. The topological polar surface area (TPSA) is 81.5 Å². The van der Waals surface area contributed by atoms with Gasteiger partial charge in [0.05, 0.1) is 4.92 Å². The molecule has 2 aromatic rings. The van der Waals surface area contributed by atoms with E-state index in [4.69, 9.17) is 4.74 Å². The smallest absolute Gasteiger partial charge is 0.460 e. The van der Waals surface area contributed by atoms with Gasteiger partial charge in [0.1, 0.15) is 0 Å². The number of carbonyl (C=O) groups excluding carboxylic acids is 1. The van der Waals surface area contributed by atoms with Crippen LogP contribution in [0.4, 0.5) is 55.3 Å². The molecule has 1 amide bonds. The van der Waals surface area contributed by atoms with Gasteiger partial charge in [0.15, 0.2) is 12.4 Å². The molecule has 0 atom stereocenters. The van der Waals surface area contributed by atoms with Crippen LogP contribution in [0.3, 0.4) is 0 Å². The Balaban J connectivity index is 2.13. The van der Waals surface area contributed by atoms with Crippen LogP contribution in [-0.4, -0.2) is 40.3 Å². The SMILES string of the molecule is O=C(COc1ccc(SC(F)(F)C(F)(F)C(F)(F)F)cc1[N+](=O)[O-])Nc1cccc(SC(F)(F)F)c1. The average Bonchev–Trinajstić information content (AvgIpc) is 2.70. The number of nitro groups is 1. The van der Waals surface area contributed by atoms with Crippen LogP contribution in [0.15, 0.2) is 52.3 Å². The third-order valence-electron chi connectivity index (χ3n) is 3.80. The number of nitrogens with one attached hydrogen (secondary N) is 1. The van der Waals surface area contributed by atoms with Gasteiger partial charge in [0.25, 0.3) is 5.91 Å². The highest BCUT2D eigenvalue weighted by Gasteiger charge is 2.73. The van der Waals surface area contributed by atoms with E-state index in [1.807, 2.05) is 0 Å². The molecule has 0 unspecified atom stereocenters. The summed E-state index contributed by atoms with van der Waals surface area (Å²) in [5, 5.41) is 7.62. The van der Waals surface area contributed by atoms with Crippen LogP contribution in [0.25, 0.3) is 0 Å². The Bertz CT molecular complexity index is 1130. The maximum atomic E-state index is 13.6. The zero-order valence-electron chi connectivity index (χ0n) is 16.9. The Morgan fingerprint density at radius 2 is 1.53 bits per heavy atom. The van der Waals surface area contributed by atoms with Gasteiger partial charge in [-0.2, -0.15) is 43.9 Å². The Labute approximate surface area is 202 Å². The Morgan fingerprint density at radius 1 is 0.917 bits per heavy atom. The molecule has 0 aliphatic rings. The zero-order valence-corrected chi connectivity index (χ0v) is 18.6. The van der Waals surface area contributed by atoms with E-state index in [2.05, 4.69) is 5.32 Å². The number of nitrogens with zero attached hydrogens (tertiary/aromatic N) is 1. The van der Waals surface area contributed by atoms with Gasteiger partial charge < -0.3 is 10.1 Å². The molecule has 36 heavy (non-hydrogen) atoms. The van der Waals surface area contributed by atoms with Gasteiger partial charge in [-0.25, -0.2) is 0 Å². The van der Waals surface area contributed by atoms with Crippen molar-refractivity contribution < 1.29 is 58.4 Å². The van der Waals surface area contributed by atoms with Crippen molar-refractivity contribution in [3.63, 3.8) is 0 Å². The number of alkyl halides is 10. The highest BCUT2D eigenvalue weighted by molar-refractivity contribution is 8.00. The molecule has 1 N–H and O–H groups in total. The summed E-state index contributed by atoms with van der Waals surface area (Å²) in [5.74, 6) is -8.19. The first-order valence-corrected chi connectivity index (χ1v) is 10.5. The fourth-order valence-corrected chi connectivity index (χ4v) is 3.76. The summed E-state index contributed by atoms with van der Waals surface area (Å²) in [6.45, 7) is -0.966. The lowest BCUT2D eigenvalue weighted by Crippen LogP contribution is -2.49. The van der Waals surface area contributed by atoms with E-state index in [0.717, 1.165) is 12.1 Å². The van der Waals surface area contributed by atoms with Crippen LogP contribution in [0.1, 0.15) is 0 Å². The second-order valence-corrected chi connectivity index (χ2v) is 8.82. The van der Waals surface area contributed by atoms with Crippen molar-refractivity contribution in [3.05, 3.63) is 52.6 Å². The molecule has 0 heterocycles. The maximum absolute atomic E-state index is 13.6. The van der Waals surface area contributed by atoms with Crippen molar-refractivity contribution in [2.75, 3.05) is 11.9 Å². The summed E-state index contributed by atoms with van der Waals surface area (Å²) in [6.07, 6.45) is -6.60. The molecule has 0 aliphatic carbocycles. The lowest BCUT2D eigenvalue weighted by atomic mass is 10.3. The number of hydrogen-bond donors (Lipinski definition) is 1. The molecule has 0 saturated carbocycles. The summed E-state index contributed by atoms with van der Waals surface area (Å²) in [6, 6.07) is 5.88. The summed E-state index contributed by atoms with van der Waals surface area (Å²) < 4.78 is 132. The minimum Gasteiger partial charge on any atom is -0.477 e. The van der Waals surface area contributed by atoms with Crippen LogP contribution in [0.5, 0.6) is 5.75 Å². The second-order valence-electron chi connectivity index (χ2n) is 6.49. The molecule has 0 saturated heterocycles. The van der Waals surface area contributed by atoms with Crippen LogP contribution >= 0.6 is 23.5 Å². The number of rotatable bonds is 9. The van der Waals surface area contributed by atoms with Crippen LogP contribution in [0, 0.1) is 10.1 Å². The number of thioether (sulfide) groups is 2. The van der Waals surface area contributed by atoms with E-state index in [1.165, 1.54) is 12.1 Å². The Hall–Kier alpha value is -2.89. The second kappa shape index (κ2) is 10.6. The van der Waals surface area contributed by atoms with Gasteiger partial charge in [-0.3, -0.25) is 14.9 Å². The molecule has 198 valence electrons. The normalized spacial score (nSPS) is 12.8. The first-order chi connectivity index (χ1) is 16.3. The lowest BCUT2D eigenvalue weighted by Gasteiger charge is -2.27. The summed E-state index contributed by atoms with van der Waals surface area (Å²) in [5.41, 5.74) is -5.82. The largest absolute Gasteiger partial charge is 0.477 e. The van der Waals surface area contributed by atoms with E-state index < -0.39 is 80.2 Å². The minimum atomic E-state index is -6.60. The zero-order chi connectivity index (χ0) is 27.5. The Kier molecular flexibility index (Phi) is 8.65. The average molecular weight is 572 g/mol. The first-order valence-electron chi connectivity index (χ1n) is 8.90. The van der Waals surface area contributed by atoms with Crippen molar-refractivity contribution in [1.82, 2.24) is 0 Å². The van der Waals surface area contributed by atoms with Gasteiger partial charge in [-0.15, -0.1) is 0 Å². The summed E-state index contributed by atoms with van der Waals surface area (Å²) >= 11 is -1.73. The number of hydrogen-bond acceptors (Lipinski definition) is 6. The molecule has 18 heteroatoms. The van der Waals surface area contributed by atoms with Gasteiger partial charge >= 0.3 is 28.5 Å². The predicted molar refractivity (Wildman–Crippen MR) is 107 cm³/mol. The number of benzene rings is 2. The van der Waals surface area contributed by atoms with E-state index in [9.17, 15) is 58.8 Å². The molecular formula is C18H10F10N2O4S2. The van der Waals surface area contributed by atoms with Crippen LogP contribution < -0.4 is 10.1 Å². The van der Waals surface area contributed by atoms with Crippen molar-refractivity contribution in [1.29, 1.82) is 0 Å². The molecule has 6 nitrogen and oxygen atoms in total. The number of amides is 1. The maximum Gasteiger partial charge on any atom is 0.460 e. The van der Waals surface area contributed by atoms with Crippen LogP contribution in [0.2, 0.25) is 0 Å². The molecule has 0 aliphatic heterocycles. The molecule has 0 fully saturated rings. The minimum absolute atomic E-state index is 0.0908. The highest BCUT2D eigenvalue weighted by Crippen LogP contribution is 2.54. The highest BCUT2D eigenvalue weighted by atomic mass is 32.2. The predicted octanol–water partition coefficient (Wildman–Crippen LogP) is 7.11. The van der Waals surface area contributed by atoms with Crippen molar-refractivity contribution in [3.8, 4) is 5.75 Å². The fraction of sp³-hybridized carbons (Fsp3) is 0.278. The molecule has 0 bridgehead atoms. The fourth-order valence-electron chi connectivity index (χ4n) is 2.31. The molecule has 2 aromatic carbocycles. The molecule has 0 spiro atoms. The molecule has 0 aromatic heterocycles. The summed E-state index contributed by atoms with van der Waals surface area (Å²) in [4.78, 5) is 20.7. The van der Waals surface area contributed by atoms with Gasteiger partial charge in [0.2, 0.25) is 0 Å². The third-order valence-corrected chi connectivity index (χ3v) is 5.53. The number of nitro benzene ring substituents is 1. The van der Waals surface area contributed by atoms with Crippen molar-refractivity contribution >= 4 is 40.8 Å². The number of anilines is 1. The van der Waals surface area contributed by atoms with E-state index in [-0.39, 0.29) is 16.6 Å². The lowest BCUT2D eigenvalue weighted by molar-refractivity contribution is -0.386. The van der Waals surface area contributed by atoms with Crippen molar-refractivity contribution in [2.24, 2.45) is 0 Å². The third kappa shape index (κ3) is 7.55. The first kappa shape index (κ1) is 29.3. The standard InChI is InChI=1S/C18H10F10N2O4S2/c19-15(20,16(21,22)23)17(24,25)35-11-4-5-13(12(7-11)30(32)33)34-8-14(31)29-9-2-1-3-10(6-9)36-18(26,27)28/h1-7H,8H2,(H,29,31). The van der Waals surface area contributed by atoms with E-state index >= 15 is 0 Å². The van der Waals surface area contributed by atoms with Gasteiger partial charge in [-0.05, 0) is 53.9 Å². The van der Waals surface area contributed by atoms with E-state index in [0.29, 0.717) is 12.1 Å². The van der Waals surface area contributed by atoms with Crippen molar-refractivity contribution in [2.45, 2.75) is 32.7 Å². The molecule has 2 rings (SSSR count). The number of carbonyl (C=O) groups is 1. The Morgan fingerprint density at radius 3 is 2.08 bits per heavy atom. The van der Waals surface area contributed by atoms with Gasteiger partial charge in [-0.1, -0.05) is 6.07 Å². The summed E-state index contributed by atoms with van der Waals surface area (Å²) in [7, 11) is 0. The number of halogens is 10. The number of ether oxygens (including phenoxy) is 1.